The summed E-state index contributed by atoms with van der Waals surface area (Å²) >= 11 is 13.9. The first kappa shape index (κ1) is 16.6. The van der Waals surface area contributed by atoms with Crippen molar-refractivity contribution in [3.05, 3.63) is 57.7 Å². The van der Waals surface area contributed by atoms with Crippen molar-refractivity contribution in [2.75, 3.05) is 4.72 Å². The first-order chi connectivity index (χ1) is 12.0. The van der Waals surface area contributed by atoms with Gasteiger partial charge in [-0.05, 0) is 47.3 Å². The summed E-state index contributed by atoms with van der Waals surface area (Å²) in [5, 5.41) is 2.05. The molecule has 0 radical (unpaired) electrons. The van der Waals surface area contributed by atoms with Crippen LogP contribution in [0.25, 0.3) is 10.9 Å². The van der Waals surface area contributed by atoms with E-state index in [2.05, 4.69) is 27.9 Å². The van der Waals surface area contributed by atoms with Crippen LogP contribution in [0.5, 0.6) is 0 Å². The topological polar surface area (TPSA) is 48.1 Å². The normalized spacial score (nSPS) is 13.3. The molecule has 1 aliphatic heterocycles. The fourth-order valence-corrected chi connectivity index (χ4v) is 4.32. The van der Waals surface area contributed by atoms with E-state index in [0.717, 1.165) is 21.5 Å². The van der Waals surface area contributed by atoms with Gasteiger partial charge in [0.2, 0.25) is 5.91 Å². The zero-order valence-electron chi connectivity index (χ0n) is 13.4. The number of amides is 1. The van der Waals surface area contributed by atoms with Crippen molar-refractivity contribution in [2.45, 2.75) is 24.9 Å². The molecule has 0 fully saturated rings. The quantitative estimate of drug-likeness (QED) is 0.583. The summed E-state index contributed by atoms with van der Waals surface area (Å²) in [5.41, 5.74) is 4.21. The molecule has 128 valence electrons. The van der Waals surface area contributed by atoms with Crippen LogP contribution in [0.1, 0.15) is 18.1 Å². The maximum Gasteiger partial charge on any atom is 0.220 e. The molecular formula is C18H15Cl2N3OS. The highest BCUT2D eigenvalue weighted by Gasteiger charge is 2.21. The van der Waals surface area contributed by atoms with Crippen LogP contribution in [0.3, 0.4) is 0 Å². The summed E-state index contributed by atoms with van der Waals surface area (Å²) in [6.45, 7) is 2.98. The fourth-order valence-electron chi connectivity index (χ4n) is 3.02. The Balaban J connectivity index is 1.55. The fraction of sp³-hybridized carbons (Fsp3) is 0.167. The molecule has 0 unspecified atom stereocenters. The molecule has 0 aliphatic carbocycles. The number of nitrogens with one attached hydrogen (secondary N) is 2. The maximum absolute atomic E-state index is 11.5. The summed E-state index contributed by atoms with van der Waals surface area (Å²) in [4.78, 5) is 17.6. The Kier molecular flexibility index (Phi) is 4.31. The van der Waals surface area contributed by atoms with Gasteiger partial charge in [0, 0.05) is 36.5 Å². The summed E-state index contributed by atoms with van der Waals surface area (Å²) in [5.74, 6) is 0.107. The van der Waals surface area contributed by atoms with Crippen molar-refractivity contribution < 1.29 is 4.79 Å². The van der Waals surface area contributed by atoms with Gasteiger partial charge in [0.25, 0.3) is 0 Å². The average molecular weight is 392 g/mol. The molecule has 4 nitrogen and oxygen atoms in total. The van der Waals surface area contributed by atoms with Gasteiger partial charge in [0.15, 0.2) is 0 Å². The lowest BCUT2D eigenvalue weighted by Crippen LogP contribution is -2.21. The van der Waals surface area contributed by atoms with Gasteiger partial charge in [-0.1, -0.05) is 29.3 Å². The van der Waals surface area contributed by atoms with E-state index in [1.165, 1.54) is 23.1 Å². The van der Waals surface area contributed by atoms with Crippen molar-refractivity contribution in [3.63, 3.8) is 0 Å². The van der Waals surface area contributed by atoms with Crippen molar-refractivity contribution in [3.8, 4) is 0 Å². The third-order valence-corrected chi connectivity index (χ3v) is 5.79. The van der Waals surface area contributed by atoms with Gasteiger partial charge in [-0.3, -0.25) is 4.79 Å². The van der Waals surface area contributed by atoms with Crippen LogP contribution in [-0.2, 0) is 17.9 Å². The number of aromatic nitrogens is 1. The van der Waals surface area contributed by atoms with Gasteiger partial charge >= 0.3 is 0 Å². The second kappa shape index (κ2) is 6.48. The van der Waals surface area contributed by atoms with Gasteiger partial charge in [0.1, 0.15) is 0 Å². The van der Waals surface area contributed by atoms with Gasteiger partial charge in [-0.2, -0.15) is 0 Å². The summed E-state index contributed by atoms with van der Waals surface area (Å²) < 4.78 is 3.36. The van der Waals surface area contributed by atoms with Crippen LogP contribution in [0.15, 0.2) is 41.4 Å². The highest BCUT2D eigenvalue weighted by atomic mass is 35.5. The van der Waals surface area contributed by atoms with Crippen molar-refractivity contribution in [1.29, 1.82) is 0 Å². The monoisotopic (exact) mass is 391 g/mol. The van der Waals surface area contributed by atoms with E-state index in [9.17, 15) is 4.79 Å². The smallest absolute Gasteiger partial charge is 0.220 e. The highest BCUT2D eigenvalue weighted by Crippen LogP contribution is 2.36. The minimum absolute atomic E-state index is 0.107. The molecule has 0 spiro atoms. The lowest BCUT2D eigenvalue weighted by atomic mass is 10.1. The molecule has 3 aromatic rings. The number of fused-ring (bicyclic) bond motifs is 2. The van der Waals surface area contributed by atoms with Crippen molar-refractivity contribution in [2.24, 2.45) is 0 Å². The Hall–Kier alpha value is -1.82. The van der Waals surface area contributed by atoms with E-state index < -0.39 is 0 Å². The molecule has 2 aromatic carbocycles. The Morgan fingerprint density at radius 1 is 1.16 bits per heavy atom. The number of hydrogen-bond donors (Lipinski definition) is 2. The minimum atomic E-state index is 0.107. The number of halogens is 2. The molecule has 25 heavy (non-hydrogen) atoms. The number of carbonyl (C=O) groups is 1. The molecule has 0 saturated heterocycles. The first-order valence-corrected chi connectivity index (χ1v) is 9.35. The molecule has 4 rings (SSSR count). The van der Waals surface area contributed by atoms with Gasteiger partial charge < -0.3 is 14.6 Å². The average Bonchev–Trinajstić information content (AvgIpc) is 3.18. The lowest BCUT2D eigenvalue weighted by molar-refractivity contribution is -0.129. The van der Waals surface area contributed by atoms with E-state index in [-0.39, 0.29) is 5.91 Å². The number of carbonyl (C=O) groups excluding carboxylic acids is 1. The third-order valence-electron chi connectivity index (χ3n) is 4.36. The Labute approximate surface area is 159 Å². The largest absolute Gasteiger partial charge is 0.358 e. The van der Waals surface area contributed by atoms with Crippen LogP contribution in [0.4, 0.5) is 5.69 Å². The Morgan fingerprint density at radius 2 is 1.96 bits per heavy atom. The van der Waals surface area contributed by atoms with E-state index in [1.54, 1.807) is 13.1 Å². The predicted octanol–water partition coefficient (Wildman–Crippen LogP) is 5.46. The lowest BCUT2D eigenvalue weighted by Gasteiger charge is -2.11. The molecule has 0 bridgehead atoms. The standard InChI is InChI=1S/C18H15Cl2N3OS/c1-10(24)23-8-11-2-3-13(6-12(11)9-23)25-22-16-5-4-14(19)17-15(20)7-21-18(16)17/h2-7,21-22H,8-9H2,1H3. The molecule has 1 aromatic heterocycles. The number of H-pyrrole nitrogens is 1. The molecule has 1 aliphatic rings. The first-order valence-electron chi connectivity index (χ1n) is 7.78. The maximum atomic E-state index is 11.5. The van der Waals surface area contributed by atoms with E-state index in [1.807, 2.05) is 17.0 Å². The summed E-state index contributed by atoms with van der Waals surface area (Å²) in [6, 6.07) is 10.0. The SMILES string of the molecule is CC(=O)N1Cc2ccc(SNc3ccc(Cl)c4c(Cl)c[nH]c34)cc2C1. The highest BCUT2D eigenvalue weighted by molar-refractivity contribution is 8.00. The summed E-state index contributed by atoms with van der Waals surface area (Å²) in [7, 11) is 0. The van der Waals surface area contributed by atoms with Gasteiger partial charge in [0.05, 0.1) is 21.2 Å². The van der Waals surface area contributed by atoms with Crippen molar-refractivity contribution in [1.82, 2.24) is 9.88 Å². The van der Waals surface area contributed by atoms with Crippen LogP contribution in [0, 0.1) is 0 Å². The molecule has 7 heteroatoms. The minimum Gasteiger partial charge on any atom is -0.358 e. The summed E-state index contributed by atoms with van der Waals surface area (Å²) in [6.07, 6.45) is 1.74. The molecule has 2 heterocycles. The molecule has 2 N–H and O–H groups in total. The number of nitrogens with zero attached hydrogens (tertiary/aromatic N) is 1. The molecule has 0 atom stereocenters. The second-order valence-electron chi connectivity index (χ2n) is 5.99. The number of rotatable bonds is 3. The number of anilines is 1. The zero-order chi connectivity index (χ0) is 17.6. The molecule has 0 saturated carbocycles. The third kappa shape index (κ3) is 3.08. The van der Waals surface area contributed by atoms with E-state index in [4.69, 9.17) is 23.2 Å². The van der Waals surface area contributed by atoms with Crippen LogP contribution >= 0.6 is 35.1 Å². The van der Waals surface area contributed by atoms with Crippen LogP contribution in [0.2, 0.25) is 10.0 Å². The Bertz CT molecular complexity index is 986. The van der Waals surface area contributed by atoms with E-state index >= 15 is 0 Å². The second-order valence-corrected chi connectivity index (χ2v) is 7.69. The Morgan fingerprint density at radius 3 is 2.76 bits per heavy atom. The van der Waals surface area contributed by atoms with Crippen LogP contribution in [-0.4, -0.2) is 15.8 Å². The van der Waals surface area contributed by atoms with Crippen LogP contribution < -0.4 is 4.72 Å². The van der Waals surface area contributed by atoms with Crippen molar-refractivity contribution >= 4 is 57.6 Å². The predicted molar refractivity (Wildman–Crippen MR) is 104 cm³/mol. The van der Waals surface area contributed by atoms with E-state index in [0.29, 0.717) is 23.1 Å². The van der Waals surface area contributed by atoms with Gasteiger partial charge in [-0.15, -0.1) is 0 Å². The van der Waals surface area contributed by atoms with Gasteiger partial charge in [-0.25, -0.2) is 0 Å². The number of hydrogen-bond acceptors (Lipinski definition) is 3. The molecule has 1 amide bonds. The number of benzene rings is 2. The molecular weight excluding hydrogens is 377 g/mol. The zero-order valence-corrected chi connectivity index (χ0v) is 15.7. The number of aromatic amines is 1.